The van der Waals surface area contributed by atoms with E-state index in [1.165, 1.54) is 0 Å². The summed E-state index contributed by atoms with van der Waals surface area (Å²) in [6, 6.07) is 10.4. The summed E-state index contributed by atoms with van der Waals surface area (Å²) in [7, 11) is -7.43. The summed E-state index contributed by atoms with van der Waals surface area (Å²) < 4.78 is 46.9. The predicted octanol–water partition coefficient (Wildman–Crippen LogP) is 1.34. The first kappa shape index (κ1) is 26.4. The Morgan fingerprint density at radius 3 is 1.38 bits per heavy atom. The maximum atomic E-state index is 11.7. The van der Waals surface area contributed by atoms with Gasteiger partial charge in [-0.25, -0.2) is 27.1 Å². The normalized spacial score (nSPS) is 12.2. The molecule has 0 saturated carbocycles. The van der Waals surface area contributed by atoms with Gasteiger partial charge >= 0.3 is 0 Å². The molecule has 0 spiro atoms. The van der Waals surface area contributed by atoms with Crippen LogP contribution in [0.3, 0.4) is 0 Å². The van der Waals surface area contributed by atoms with Gasteiger partial charge in [-0.05, 0) is 75.9 Å². The molecule has 0 aliphatic carbocycles. The van der Waals surface area contributed by atoms with Crippen LogP contribution in [0.2, 0.25) is 0 Å². The van der Waals surface area contributed by atoms with Crippen molar-refractivity contribution in [1.29, 1.82) is 0 Å². The van der Waals surface area contributed by atoms with Gasteiger partial charge in [0.2, 0.25) is 20.0 Å². The molecular formula is C22H34N4O4S2. The van der Waals surface area contributed by atoms with Crippen LogP contribution in [-0.4, -0.2) is 43.0 Å². The summed E-state index contributed by atoms with van der Waals surface area (Å²) in [4.78, 5) is 0.396. The van der Waals surface area contributed by atoms with Crippen LogP contribution in [0.25, 0.3) is 0 Å². The van der Waals surface area contributed by atoms with E-state index < -0.39 is 20.0 Å². The molecule has 0 aliphatic heterocycles. The zero-order valence-electron chi connectivity index (χ0n) is 18.7. The van der Waals surface area contributed by atoms with E-state index in [1.807, 2.05) is 26.0 Å². The van der Waals surface area contributed by atoms with Crippen molar-refractivity contribution in [2.75, 3.05) is 26.2 Å². The lowest BCUT2D eigenvalue weighted by Gasteiger charge is -2.11. The Morgan fingerprint density at radius 1 is 0.656 bits per heavy atom. The Balaban J connectivity index is 1.65. The highest BCUT2D eigenvalue weighted by molar-refractivity contribution is 7.89. The van der Waals surface area contributed by atoms with Crippen LogP contribution in [0.5, 0.6) is 0 Å². The fraction of sp³-hybridized carbons (Fsp3) is 0.455. The van der Waals surface area contributed by atoms with Gasteiger partial charge in [0.1, 0.15) is 0 Å². The Labute approximate surface area is 191 Å². The van der Waals surface area contributed by atoms with Crippen LogP contribution in [0.1, 0.15) is 35.1 Å². The summed E-state index contributed by atoms with van der Waals surface area (Å²) >= 11 is 0. The first-order valence-electron chi connectivity index (χ1n) is 10.6. The van der Waals surface area contributed by atoms with Crippen molar-refractivity contribution in [2.45, 2.75) is 49.3 Å². The van der Waals surface area contributed by atoms with E-state index in [0.717, 1.165) is 61.3 Å². The van der Waals surface area contributed by atoms with Crippen LogP contribution >= 0.6 is 0 Å². The van der Waals surface area contributed by atoms with Gasteiger partial charge in [-0.1, -0.05) is 35.4 Å². The third kappa shape index (κ3) is 8.61. The molecule has 0 fully saturated rings. The number of nitrogens with one attached hydrogen (secondary N) is 2. The van der Waals surface area contributed by atoms with Gasteiger partial charge in [-0.2, -0.15) is 0 Å². The third-order valence-electron chi connectivity index (χ3n) is 5.12. The molecule has 0 radical (unpaired) electrons. The van der Waals surface area contributed by atoms with Gasteiger partial charge in [0.25, 0.3) is 0 Å². The standard InChI is InChI=1S/C22H34N4O4S2/c1-17-7-9-21(31(23,27)28)19(15-17)5-3-11-25-13-14-26-12-4-6-20-16-18(2)8-10-22(20)32(24,29)30/h7-10,15-16,25-26H,3-6,11-14H2,1-2H3,(H2,23,27,28)(H2,24,29,30). The number of benzene rings is 2. The summed E-state index contributed by atoms with van der Waals surface area (Å²) in [6.45, 7) is 6.94. The van der Waals surface area contributed by atoms with Gasteiger partial charge in [0.15, 0.2) is 0 Å². The average molecular weight is 483 g/mol. The summed E-state index contributed by atoms with van der Waals surface area (Å²) in [6.07, 6.45) is 2.87. The highest BCUT2D eigenvalue weighted by atomic mass is 32.2. The Kier molecular flexibility index (Phi) is 9.81. The van der Waals surface area contributed by atoms with Crippen molar-refractivity contribution in [3.63, 3.8) is 0 Å². The fourth-order valence-corrected chi connectivity index (χ4v) is 5.17. The zero-order chi connectivity index (χ0) is 23.8. The number of aryl methyl sites for hydroxylation is 4. The van der Waals surface area contributed by atoms with Crippen molar-refractivity contribution in [3.8, 4) is 0 Å². The van der Waals surface area contributed by atoms with Gasteiger partial charge in [0, 0.05) is 13.1 Å². The minimum Gasteiger partial charge on any atom is -0.315 e. The molecule has 0 amide bonds. The van der Waals surface area contributed by atoms with Crippen molar-refractivity contribution in [3.05, 3.63) is 58.7 Å². The van der Waals surface area contributed by atoms with Gasteiger partial charge in [-0.15, -0.1) is 0 Å². The fourth-order valence-electron chi connectivity index (χ4n) is 3.60. The van der Waals surface area contributed by atoms with E-state index in [4.69, 9.17) is 10.3 Å². The molecule has 2 aromatic rings. The Bertz CT molecular complexity index is 1030. The van der Waals surface area contributed by atoms with E-state index in [0.29, 0.717) is 12.8 Å². The molecule has 0 atom stereocenters. The van der Waals surface area contributed by atoms with Crippen LogP contribution in [0, 0.1) is 13.8 Å². The van der Waals surface area contributed by atoms with Crippen molar-refractivity contribution in [1.82, 2.24) is 10.6 Å². The summed E-state index contributed by atoms with van der Waals surface area (Å²) in [5.74, 6) is 0. The number of primary sulfonamides is 2. The second-order valence-corrected chi connectivity index (χ2v) is 11.1. The van der Waals surface area contributed by atoms with E-state index >= 15 is 0 Å². The molecular weight excluding hydrogens is 448 g/mol. The van der Waals surface area contributed by atoms with Crippen LogP contribution in [0.15, 0.2) is 46.2 Å². The first-order chi connectivity index (χ1) is 15.0. The molecule has 6 N–H and O–H groups in total. The maximum absolute atomic E-state index is 11.7. The minimum absolute atomic E-state index is 0.198. The lowest BCUT2D eigenvalue weighted by atomic mass is 10.1. The van der Waals surface area contributed by atoms with Crippen LogP contribution in [0.4, 0.5) is 0 Å². The molecule has 0 saturated heterocycles. The average Bonchev–Trinajstić information content (AvgIpc) is 2.67. The molecule has 2 rings (SSSR count). The maximum Gasteiger partial charge on any atom is 0.238 e. The minimum atomic E-state index is -3.71. The number of hydrogen-bond donors (Lipinski definition) is 4. The topological polar surface area (TPSA) is 144 Å². The van der Waals surface area contributed by atoms with E-state index in [-0.39, 0.29) is 9.79 Å². The smallest absolute Gasteiger partial charge is 0.238 e. The summed E-state index contributed by atoms with van der Waals surface area (Å²) in [5, 5.41) is 17.3. The zero-order valence-corrected chi connectivity index (χ0v) is 20.4. The van der Waals surface area contributed by atoms with Gasteiger partial charge in [-0.3, -0.25) is 0 Å². The van der Waals surface area contributed by atoms with Crippen LogP contribution < -0.4 is 20.9 Å². The quantitative estimate of drug-likeness (QED) is 0.317. The molecule has 10 heteroatoms. The van der Waals surface area contributed by atoms with Crippen molar-refractivity contribution >= 4 is 20.0 Å². The molecule has 0 unspecified atom stereocenters. The van der Waals surface area contributed by atoms with E-state index in [1.54, 1.807) is 24.3 Å². The van der Waals surface area contributed by atoms with Gasteiger partial charge in [0.05, 0.1) is 9.79 Å². The highest BCUT2D eigenvalue weighted by Gasteiger charge is 2.14. The Morgan fingerprint density at radius 2 is 1.03 bits per heavy atom. The molecule has 178 valence electrons. The molecule has 0 heterocycles. The number of sulfonamides is 2. The van der Waals surface area contributed by atoms with Crippen molar-refractivity contribution < 1.29 is 16.8 Å². The van der Waals surface area contributed by atoms with Gasteiger partial charge < -0.3 is 10.6 Å². The predicted molar refractivity (Wildman–Crippen MR) is 127 cm³/mol. The first-order valence-corrected chi connectivity index (χ1v) is 13.7. The number of nitrogens with two attached hydrogens (primary N) is 2. The Hall–Kier alpha value is -1.82. The second kappa shape index (κ2) is 11.9. The van der Waals surface area contributed by atoms with E-state index in [9.17, 15) is 16.8 Å². The second-order valence-electron chi connectivity index (χ2n) is 8.02. The monoisotopic (exact) mass is 482 g/mol. The highest BCUT2D eigenvalue weighted by Crippen LogP contribution is 2.18. The molecule has 0 bridgehead atoms. The number of hydrogen-bond acceptors (Lipinski definition) is 6. The molecule has 2 aromatic carbocycles. The largest absolute Gasteiger partial charge is 0.315 e. The van der Waals surface area contributed by atoms with Crippen molar-refractivity contribution in [2.24, 2.45) is 10.3 Å². The third-order valence-corrected chi connectivity index (χ3v) is 7.15. The van der Waals surface area contributed by atoms with Crippen LogP contribution in [-0.2, 0) is 32.9 Å². The SMILES string of the molecule is Cc1ccc(S(N)(=O)=O)c(CCCNCCNCCCc2cc(C)ccc2S(N)(=O)=O)c1. The molecule has 8 nitrogen and oxygen atoms in total. The molecule has 0 aromatic heterocycles. The molecule has 0 aliphatic rings. The lowest BCUT2D eigenvalue weighted by molar-refractivity contribution is 0.579. The van der Waals surface area contributed by atoms with E-state index in [2.05, 4.69) is 10.6 Å². The number of rotatable bonds is 13. The molecule has 32 heavy (non-hydrogen) atoms. The lowest BCUT2D eigenvalue weighted by Crippen LogP contribution is -2.29. The summed E-state index contributed by atoms with van der Waals surface area (Å²) in [5.41, 5.74) is 3.52.